The third kappa shape index (κ3) is 3.84. The Hall–Kier alpha value is -1.65. The van der Waals surface area contributed by atoms with Crippen molar-refractivity contribution in [3.05, 3.63) is 18.1 Å². The lowest BCUT2D eigenvalue weighted by molar-refractivity contribution is -0.138. The summed E-state index contributed by atoms with van der Waals surface area (Å²) in [7, 11) is 0. The number of aliphatic carboxylic acids is 1. The van der Waals surface area contributed by atoms with Gasteiger partial charge in [0.25, 0.3) is 0 Å². The molecule has 0 aliphatic rings. The number of rotatable bonds is 5. The van der Waals surface area contributed by atoms with Crippen LogP contribution in [-0.2, 0) is 4.79 Å². The summed E-state index contributed by atoms with van der Waals surface area (Å²) in [6.07, 6.45) is 2.18. The molecule has 5 nitrogen and oxygen atoms in total. The molecule has 16 heavy (non-hydrogen) atoms. The first-order valence-electron chi connectivity index (χ1n) is 5.28. The number of carboxylic acid groups (broad SMARTS) is 1. The summed E-state index contributed by atoms with van der Waals surface area (Å²) in [5.41, 5.74) is 0. The van der Waals surface area contributed by atoms with Crippen LogP contribution < -0.4 is 5.32 Å². The average molecular weight is 223 g/mol. The highest BCUT2D eigenvalue weighted by Gasteiger charge is 2.18. The molecular weight excluding hydrogens is 206 g/mol. The van der Waals surface area contributed by atoms with Crippen molar-refractivity contribution in [1.29, 1.82) is 0 Å². The monoisotopic (exact) mass is 223 g/mol. The number of anilines is 1. The second-order valence-corrected chi connectivity index (χ2v) is 4.15. The number of aromatic nitrogens is 2. The van der Waals surface area contributed by atoms with Crippen molar-refractivity contribution in [3.63, 3.8) is 0 Å². The van der Waals surface area contributed by atoms with Crippen LogP contribution in [-0.4, -0.2) is 27.1 Å². The highest BCUT2D eigenvalue weighted by molar-refractivity contribution is 5.76. The predicted octanol–water partition coefficient (Wildman–Crippen LogP) is 1.70. The van der Waals surface area contributed by atoms with Gasteiger partial charge in [0.15, 0.2) is 0 Å². The van der Waals surface area contributed by atoms with E-state index in [-0.39, 0.29) is 0 Å². The van der Waals surface area contributed by atoms with Crippen molar-refractivity contribution in [3.8, 4) is 0 Å². The third-order valence-corrected chi connectivity index (χ3v) is 2.10. The number of hydrogen-bond donors (Lipinski definition) is 2. The van der Waals surface area contributed by atoms with Crippen molar-refractivity contribution in [1.82, 2.24) is 9.97 Å². The van der Waals surface area contributed by atoms with Crippen molar-refractivity contribution in [2.75, 3.05) is 5.32 Å². The topological polar surface area (TPSA) is 75.1 Å². The SMILES string of the molecule is Cc1nccc(NC(CC(C)C)C(=O)O)n1. The van der Waals surface area contributed by atoms with Gasteiger partial charge in [0.2, 0.25) is 0 Å². The summed E-state index contributed by atoms with van der Waals surface area (Å²) < 4.78 is 0. The lowest BCUT2D eigenvalue weighted by Gasteiger charge is -2.16. The molecule has 0 radical (unpaired) electrons. The Morgan fingerprint density at radius 1 is 1.56 bits per heavy atom. The quantitative estimate of drug-likeness (QED) is 0.794. The molecule has 0 aromatic carbocycles. The summed E-state index contributed by atoms with van der Waals surface area (Å²) in [4.78, 5) is 19.1. The summed E-state index contributed by atoms with van der Waals surface area (Å²) in [5, 5.41) is 11.9. The predicted molar refractivity (Wildman–Crippen MR) is 61.3 cm³/mol. The van der Waals surface area contributed by atoms with Gasteiger partial charge in [-0.15, -0.1) is 0 Å². The summed E-state index contributed by atoms with van der Waals surface area (Å²) >= 11 is 0. The molecule has 5 heteroatoms. The smallest absolute Gasteiger partial charge is 0.326 e. The van der Waals surface area contributed by atoms with Gasteiger partial charge in [-0.05, 0) is 25.3 Å². The zero-order valence-electron chi connectivity index (χ0n) is 9.77. The first-order chi connectivity index (χ1) is 7.49. The lowest BCUT2D eigenvalue weighted by Crippen LogP contribution is -2.31. The Morgan fingerprint density at radius 2 is 2.25 bits per heavy atom. The molecule has 0 amide bonds. The van der Waals surface area contributed by atoms with Gasteiger partial charge >= 0.3 is 5.97 Å². The van der Waals surface area contributed by atoms with Crippen LogP contribution >= 0.6 is 0 Å². The molecule has 1 rings (SSSR count). The summed E-state index contributed by atoms with van der Waals surface area (Å²) in [6.45, 7) is 5.75. The van der Waals surface area contributed by atoms with Gasteiger partial charge < -0.3 is 10.4 Å². The fourth-order valence-electron chi connectivity index (χ4n) is 1.41. The molecule has 0 aliphatic heterocycles. The van der Waals surface area contributed by atoms with Gasteiger partial charge in [-0.2, -0.15) is 0 Å². The molecular formula is C11H17N3O2. The highest BCUT2D eigenvalue weighted by atomic mass is 16.4. The van der Waals surface area contributed by atoms with Crippen LogP contribution in [0.25, 0.3) is 0 Å². The minimum atomic E-state index is -0.857. The van der Waals surface area contributed by atoms with E-state index in [0.717, 1.165) is 0 Å². The minimum absolute atomic E-state index is 0.316. The number of aryl methyl sites for hydroxylation is 1. The number of hydrogen-bond acceptors (Lipinski definition) is 4. The van der Waals surface area contributed by atoms with E-state index < -0.39 is 12.0 Å². The van der Waals surface area contributed by atoms with Crippen molar-refractivity contribution in [2.45, 2.75) is 33.2 Å². The Labute approximate surface area is 94.9 Å². The number of carboxylic acids is 1. The molecule has 0 aliphatic carbocycles. The van der Waals surface area contributed by atoms with Crippen LogP contribution in [0.1, 0.15) is 26.1 Å². The van der Waals surface area contributed by atoms with E-state index in [1.807, 2.05) is 13.8 Å². The summed E-state index contributed by atoms with van der Waals surface area (Å²) in [6, 6.07) is 1.07. The second-order valence-electron chi connectivity index (χ2n) is 4.15. The van der Waals surface area contributed by atoms with Gasteiger partial charge in [-0.25, -0.2) is 14.8 Å². The molecule has 1 aromatic heterocycles. The maximum atomic E-state index is 11.0. The van der Waals surface area contributed by atoms with Gasteiger partial charge in [-0.3, -0.25) is 0 Å². The van der Waals surface area contributed by atoms with Crippen molar-refractivity contribution >= 4 is 11.8 Å². The molecule has 1 heterocycles. The van der Waals surface area contributed by atoms with E-state index in [9.17, 15) is 4.79 Å². The number of nitrogens with one attached hydrogen (secondary N) is 1. The fraction of sp³-hybridized carbons (Fsp3) is 0.545. The molecule has 0 bridgehead atoms. The zero-order chi connectivity index (χ0) is 12.1. The maximum Gasteiger partial charge on any atom is 0.326 e. The standard InChI is InChI=1S/C11H17N3O2/c1-7(2)6-9(11(15)16)14-10-4-5-12-8(3)13-10/h4-5,7,9H,6H2,1-3H3,(H,15,16)(H,12,13,14). The van der Waals surface area contributed by atoms with E-state index in [1.165, 1.54) is 0 Å². The Bertz CT molecular complexity index is 366. The number of nitrogens with zero attached hydrogens (tertiary/aromatic N) is 2. The zero-order valence-corrected chi connectivity index (χ0v) is 9.77. The van der Waals surface area contributed by atoms with Crippen LogP contribution in [0.15, 0.2) is 12.3 Å². The van der Waals surface area contributed by atoms with E-state index in [2.05, 4.69) is 15.3 Å². The fourth-order valence-corrected chi connectivity index (χ4v) is 1.41. The Kier molecular flexibility index (Phi) is 4.22. The van der Waals surface area contributed by atoms with E-state index in [4.69, 9.17) is 5.11 Å². The van der Waals surface area contributed by atoms with Gasteiger partial charge in [-0.1, -0.05) is 13.8 Å². The molecule has 1 atom stereocenters. The van der Waals surface area contributed by atoms with Crippen LogP contribution in [0, 0.1) is 12.8 Å². The van der Waals surface area contributed by atoms with Crippen LogP contribution in [0.2, 0.25) is 0 Å². The van der Waals surface area contributed by atoms with Crippen LogP contribution in [0.4, 0.5) is 5.82 Å². The van der Waals surface area contributed by atoms with Gasteiger partial charge in [0.05, 0.1) is 0 Å². The van der Waals surface area contributed by atoms with Crippen LogP contribution in [0.3, 0.4) is 0 Å². The lowest BCUT2D eigenvalue weighted by atomic mass is 10.0. The first-order valence-corrected chi connectivity index (χ1v) is 5.28. The molecule has 2 N–H and O–H groups in total. The molecule has 0 saturated carbocycles. The van der Waals surface area contributed by atoms with Gasteiger partial charge in [0.1, 0.15) is 17.7 Å². The molecule has 0 saturated heterocycles. The summed E-state index contributed by atoms with van der Waals surface area (Å²) in [5.74, 6) is 0.640. The second kappa shape index (κ2) is 5.44. The number of carbonyl (C=O) groups is 1. The molecule has 1 unspecified atom stereocenters. The Balaban J connectivity index is 2.71. The molecule has 1 aromatic rings. The first kappa shape index (κ1) is 12.4. The maximum absolute atomic E-state index is 11.0. The third-order valence-electron chi connectivity index (χ3n) is 2.10. The van der Waals surface area contributed by atoms with Crippen LogP contribution in [0.5, 0.6) is 0 Å². The molecule has 0 spiro atoms. The van der Waals surface area contributed by atoms with Gasteiger partial charge in [0, 0.05) is 6.20 Å². The minimum Gasteiger partial charge on any atom is -0.480 e. The van der Waals surface area contributed by atoms with Crippen molar-refractivity contribution in [2.24, 2.45) is 5.92 Å². The molecule has 88 valence electrons. The highest BCUT2D eigenvalue weighted by Crippen LogP contribution is 2.11. The van der Waals surface area contributed by atoms with E-state index >= 15 is 0 Å². The molecule has 0 fully saturated rings. The average Bonchev–Trinajstić information content (AvgIpc) is 2.15. The largest absolute Gasteiger partial charge is 0.480 e. The Morgan fingerprint density at radius 3 is 2.75 bits per heavy atom. The van der Waals surface area contributed by atoms with E-state index in [1.54, 1.807) is 19.2 Å². The van der Waals surface area contributed by atoms with E-state index in [0.29, 0.717) is 24.0 Å². The van der Waals surface area contributed by atoms with Crippen molar-refractivity contribution < 1.29 is 9.90 Å². The normalized spacial score (nSPS) is 12.5.